The average molecular weight is 366 g/mol. The van der Waals surface area contributed by atoms with E-state index in [-0.39, 0.29) is 12.1 Å². The minimum atomic E-state index is -0.698. The highest BCUT2D eigenvalue weighted by atomic mass is 16.7. The van der Waals surface area contributed by atoms with E-state index >= 15 is 0 Å². The zero-order valence-electron chi connectivity index (χ0n) is 16.7. The molecule has 0 N–H and O–H groups in total. The molecule has 0 aromatic heterocycles. The molecule has 1 aliphatic heterocycles. The van der Waals surface area contributed by atoms with Gasteiger partial charge in [0.15, 0.2) is 6.29 Å². The second-order valence-corrected chi connectivity index (χ2v) is 6.84. The summed E-state index contributed by atoms with van der Waals surface area (Å²) < 4.78 is 16.2. The van der Waals surface area contributed by atoms with Gasteiger partial charge in [0.05, 0.1) is 13.2 Å². The van der Waals surface area contributed by atoms with Gasteiger partial charge in [-0.3, -0.25) is 9.59 Å². The maximum atomic E-state index is 11.8. The normalized spacial score (nSPS) is 20.8. The molecule has 0 aromatic carbocycles. The third-order valence-electron chi connectivity index (χ3n) is 4.69. The summed E-state index contributed by atoms with van der Waals surface area (Å²) in [7, 11) is 0. The molecule has 148 valence electrons. The van der Waals surface area contributed by atoms with Crippen LogP contribution in [0.2, 0.25) is 0 Å². The number of carbonyl (C=O) groups excluding carboxylic acids is 2. The molecule has 0 amide bonds. The minimum Gasteiger partial charge on any atom is -0.465 e. The lowest BCUT2D eigenvalue weighted by molar-refractivity contribution is -0.155. The van der Waals surface area contributed by atoms with Gasteiger partial charge >= 0.3 is 5.97 Å². The van der Waals surface area contributed by atoms with Gasteiger partial charge in [0.25, 0.3) is 0 Å². The van der Waals surface area contributed by atoms with Crippen molar-refractivity contribution >= 4 is 11.8 Å². The molecule has 3 atom stereocenters. The van der Waals surface area contributed by atoms with Gasteiger partial charge < -0.3 is 14.2 Å². The van der Waals surface area contributed by atoms with Crippen LogP contribution < -0.4 is 0 Å². The molecule has 0 saturated carbocycles. The number of esters is 1. The molecule has 5 heteroatoms. The average Bonchev–Trinajstić information content (AvgIpc) is 2.62. The maximum Gasteiger partial charge on any atom is 0.316 e. The van der Waals surface area contributed by atoms with Gasteiger partial charge in [-0.2, -0.15) is 0 Å². The predicted molar refractivity (Wildman–Crippen MR) is 102 cm³/mol. The largest absolute Gasteiger partial charge is 0.465 e. The second kappa shape index (κ2) is 12.8. The first kappa shape index (κ1) is 22.6. The van der Waals surface area contributed by atoms with Crippen molar-refractivity contribution in [3.63, 3.8) is 0 Å². The summed E-state index contributed by atoms with van der Waals surface area (Å²) in [5.74, 6) is -0.940. The lowest BCUT2D eigenvalue weighted by atomic mass is 9.94. The van der Waals surface area contributed by atoms with E-state index in [0.717, 1.165) is 25.9 Å². The van der Waals surface area contributed by atoms with Gasteiger partial charge in [0.1, 0.15) is 11.7 Å². The molecule has 0 radical (unpaired) electrons. The maximum absolute atomic E-state index is 11.8. The number of Topliss-reactive ketones (excluding diaryl/α,β-unsaturated/α-hetero) is 1. The Kier molecular flexibility index (Phi) is 11.1. The number of allylic oxidation sites excluding steroid dienone is 3. The summed E-state index contributed by atoms with van der Waals surface area (Å²) in [5.41, 5.74) is 1.17. The van der Waals surface area contributed by atoms with Crippen molar-refractivity contribution in [2.75, 3.05) is 19.8 Å². The number of hydrogen-bond acceptors (Lipinski definition) is 5. The van der Waals surface area contributed by atoms with Gasteiger partial charge in [-0.05, 0) is 58.8 Å². The van der Waals surface area contributed by atoms with Crippen molar-refractivity contribution in [1.82, 2.24) is 0 Å². The minimum absolute atomic E-state index is 0.0566. The zero-order chi connectivity index (χ0) is 19.4. The lowest BCUT2D eigenvalue weighted by Crippen LogP contribution is -2.24. The van der Waals surface area contributed by atoms with Gasteiger partial charge in [-0.15, -0.1) is 0 Å². The summed E-state index contributed by atoms with van der Waals surface area (Å²) in [4.78, 5) is 23.5. The number of ether oxygens (including phenoxy) is 3. The van der Waals surface area contributed by atoms with Gasteiger partial charge in [0.2, 0.25) is 0 Å². The third-order valence-corrected chi connectivity index (χ3v) is 4.69. The standard InChI is InChI=1S/C21H34O5/c1-5-24-21(23)19(18(4)22)13-12-17(3)16(2)10-6-8-14-25-20-11-7-9-15-26-20/h6,8,12,16,19-20H,5,7,9-11,13-15H2,1-4H3. The van der Waals surface area contributed by atoms with E-state index in [1.807, 2.05) is 19.1 Å². The first-order chi connectivity index (χ1) is 12.5. The molecule has 26 heavy (non-hydrogen) atoms. The fourth-order valence-corrected chi connectivity index (χ4v) is 2.74. The van der Waals surface area contributed by atoms with E-state index in [0.29, 0.717) is 25.6 Å². The van der Waals surface area contributed by atoms with E-state index < -0.39 is 11.9 Å². The summed E-state index contributed by atoms with van der Waals surface area (Å²) >= 11 is 0. The Morgan fingerprint density at radius 1 is 1.19 bits per heavy atom. The highest BCUT2D eigenvalue weighted by molar-refractivity contribution is 5.97. The van der Waals surface area contributed by atoms with Crippen molar-refractivity contribution in [1.29, 1.82) is 0 Å². The monoisotopic (exact) mass is 366 g/mol. The van der Waals surface area contributed by atoms with Crippen molar-refractivity contribution in [2.45, 2.75) is 66.1 Å². The van der Waals surface area contributed by atoms with E-state index in [1.54, 1.807) is 6.92 Å². The van der Waals surface area contributed by atoms with Crippen LogP contribution in [0, 0.1) is 11.8 Å². The van der Waals surface area contributed by atoms with Crippen LogP contribution in [0.25, 0.3) is 0 Å². The van der Waals surface area contributed by atoms with E-state index in [4.69, 9.17) is 14.2 Å². The number of rotatable bonds is 11. The van der Waals surface area contributed by atoms with Crippen molar-refractivity contribution in [3.8, 4) is 0 Å². The number of ketones is 1. The zero-order valence-corrected chi connectivity index (χ0v) is 16.7. The number of carbonyl (C=O) groups is 2. The molecular formula is C21H34O5. The molecule has 1 fully saturated rings. The summed E-state index contributed by atoms with van der Waals surface area (Å²) in [6.45, 7) is 9.00. The predicted octanol–water partition coefficient (Wildman–Crippen LogP) is 4.22. The summed E-state index contributed by atoms with van der Waals surface area (Å²) in [6, 6.07) is 0. The van der Waals surface area contributed by atoms with Gasteiger partial charge in [-0.1, -0.05) is 30.7 Å². The smallest absolute Gasteiger partial charge is 0.316 e. The fourth-order valence-electron chi connectivity index (χ4n) is 2.74. The van der Waals surface area contributed by atoms with E-state index in [1.165, 1.54) is 18.9 Å². The quantitative estimate of drug-likeness (QED) is 0.311. The first-order valence-corrected chi connectivity index (χ1v) is 9.67. The first-order valence-electron chi connectivity index (χ1n) is 9.67. The molecule has 3 unspecified atom stereocenters. The highest BCUT2D eigenvalue weighted by Crippen LogP contribution is 2.18. The van der Waals surface area contributed by atoms with Crippen molar-refractivity contribution < 1.29 is 23.8 Å². The van der Waals surface area contributed by atoms with Crippen LogP contribution in [-0.4, -0.2) is 37.9 Å². The molecule has 0 bridgehead atoms. The van der Waals surface area contributed by atoms with E-state index in [9.17, 15) is 9.59 Å². The number of hydrogen-bond donors (Lipinski definition) is 0. The Hall–Kier alpha value is -1.46. The van der Waals surface area contributed by atoms with Crippen molar-refractivity contribution in [2.24, 2.45) is 11.8 Å². The summed E-state index contributed by atoms with van der Waals surface area (Å²) in [6.07, 6.45) is 10.6. The Balaban J connectivity index is 2.36. The molecule has 0 aromatic rings. The van der Waals surface area contributed by atoms with Crippen LogP contribution in [-0.2, 0) is 23.8 Å². The van der Waals surface area contributed by atoms with Crippen LogP contribution >= 0.6 is 0 Å². The molecule has 1 heterocycles. The molecular weight excluding hydrogens is 332 g/mol. The van der Waals surface area contributed by atoms with Crippen LogP contribution in [0.5, 0.6) is 0 Å². The topological polar surface area (TPSA) is 61.8 Å². The van der Waals surface area contributed by atoms with Crippen LogP contribution in [0.1, 0.15) is 59.8 Å². The molecule has 0 spiro atoms. The lowest BCUT2D eigenvalue weighted by Gasteiger charge is -2.21. The fraction of sp³-hybridized carbons (Fsp3) is 0.714. The molecule has 5 nitrogen and oxygen atoms in total. The Morgan fingerprint density at radius 3 is 2.58 bits per heavy atom. The molecule has 1 aliphatic rings. The van der Waals surface area contributed by atoms with Gasteiger partial charge in [0, 0.05) is 6.61 Å². The summed E-state index contributed by atoms with van der Waals surface area (Å²) in [5, 5.41) is 0. The highest BCUT2D eigenvalue weighted by Gasteiger charge is 2.23. The molecule has 1 saturated heterocycles. The van der Waals surface area contributed by atoms with Gasteiger partial charge in [-0.25, -0.2) is 0 Å². The Morgan fingerprint density at radius 2 is 1.96 bits per heavy atom. The van der Waals surface area contributed by atoms with E-state index in [2.05, 4.69) is 13.0 Å². The Bertz CT molecular complexity index is 489. The molecule has 1 rings (SSSR count). The van der Waals surface area contributed by atoms with Crippen LogP contribution in [0.15, 0.2) is 23.8 Å². The SMILES string of the molecule is CCOC(=O)C(CC=C(C)C(C)CC=CCOC1CCCCO1)C(C)=O. The second-order valence-electron chi connectivity index (χ2n) is 6.84. The Labute approximate surface area is 157 Å². The third kappa shape index (κ3) is 8.77. The van der Waals surface area contributed by atoms with Crippen LogP contribution in [0.3, 0.4) is 0 Å². The molecule has 0 aliphatic carbocycles. The van der Waals surface area contributed by atoms with Crippen molar-refractivity contribution in [3.05, 3.63) is 23.8 Å². The van der Waals surface area contributed by atoms with Crippen LogP contribution in [0.4, 0.5) is 0 Å².